The molecule has 1 saturated carbocycles. The van der Waals surface area contributed by atoms with Gasteiger partial charge in [-0.15, -0.1) is 0 Å². The average Bonchev–Trinajstić information content (AvgIpc) is 2.68. The zero-order valence-corrected chi connectivity index (χ0v) is 15.8. The minimum Gasteiger partial charge on any atom is -0.489 e. The van der Waals surface area contributed by atoms with Crippen molar-refractivity contribution in [2.24, 2.45) is 5.92 Å². The molecule has 0 unspecified atom stereocenters. The van der Waals surface area contributed by atoms with E-state index in [1.807, 2.05) is 48.5 Å². The molecule has 1 N–H and O–H groups in total. The van der Waals surface area contributed by atoms with Crippen molar-refractivity contribution in [3.05, 3.63) is 59.1 Å². The number of halogens is 1. The minimum atomic E-state index is 0.102. The van der Waals surface area contributed by atoms with Crippen molar-refractivity contribution >= 4 is 23.2 Å². The molecule has 0 bridgehead atoms. The number of carbonyl (C=O) groups is 1. The number of hydrogen-bond donors (Lipinski definition) is 1. The number of amides is 1. The van der Waals surface area contributed by atoms with E-state index in [0.29, 0.717) is 13.0 Å². The Morgan fingerprint density at radius 1 is 1.00 bits per heavy atom. The topological polar surface area (TPSA) is 38.3 Å². The Bertz CT molecular complexity index is 691. The van der Waals surface area contributed by atoms with Gasteiger partial charge >= 0.3 is 0 Å². The molecule has 2 aromatic rings. The third-order valence-corrected chi connectivity index (χ3v) is 5.21. The lowest BCUT2D eigenvalue weighted by molar-refractivity contribution is -0.116. The molecule has 0 saturated heterocycles. The van der Waals surface area contributed by atoms with Crippen LogP contribution in [0, 0.1) is 5.92 Å². The summed E-state index contributed by atoms with van der Waals surface area (Å²) in [6.45, 7) is 0.490. The summed E-state index contributed by atoms with van der Waals surface area (Å²) in [4.78, 5) is 12.1. The number of nitrogens with one attached hydrogen (secondary N) is 1. The van der Waals surface area contributed by atoms with Crippen LogP contribution in [0.2, 0.25) is 5.02 Å². The van der Waals surface area contributed by atoms with Gasteiger partial charge in [0.1, 0.15) is 12.4 Å². The second kappa shape index (κ2) is 9.63. The first-order chi connectivity index (χ1) is 12.7. The molecule has 0 radical (unpaired) electrons. The first kappa shape index (κ1) is 18.8. The fourth-order valence-corrected chi connectivity index (χ4v) is 3.54. The monoisotopic (exact) mass is 371 g/mol. The third kappa shape index (κ3) is 6.06. The Kier molecular flexibility index (Phi) is 6.96. The number of rotatable bonds is 7. The highest BCUT2D eigenvalue weighted by Gasteiger charge is 2.14. The maximum absolute atomic E-state index is 12.1. The number of ether oxygens (including phenoxy) is 1. The van der Waals surface area contributed by atoms with Gasteiger partial charge in [-0.25, -0.2) is 0 Å². The van der Waals surface area contributed by atoms with Gasteiger partial charge in [0.25, 0.3) is 0 Å². The Morgan fingerprint density at radius 2 is 1.69 bits per heavy atom. The Balaban J connectivity index is 1.41. The molecule has 26 heavy (non-hydrogen) atoms. The third-order valence-electron chi connectivity index (χ3n) is 4.96. The van der Waals surface area contributed by atoms with Crippen LogP contribution >= 0.6 is 11.6 Å². The van der Waals surface area contributed by atoms with E-state index in [9.17, 15) is 4.79 Å². The summed E-state index contributed by atoms with van der Waals surface area (Å²) in [6.07, 6.45) is 8.19. The largest absolute Gasteiger partial charge is 0.489 e. The van der Waals surface area contributed by atoms with Gasteiger partial charge in [-0.05, 0) is 54.3 Å². The van der Waals surface area contributed by atoms with E-state index >= 15 is 0 Å². The van der Waals surface area contributed by atoms with Crippen molar-refractivity contribution in [1.29, 1.82) is 0 Å². The number of hydrogen-bond acceptors (Lipinski definition) is 2. The maximum atomic E-state index is 12.1. The molecule has 0 atom stereocenters. The van der Waals surface area contributed by atoms with Crippen LogP contribution < -0.4 is 10.1 Å². The van der Waals surface area contributed by atoms with Gasteiger partial charge in [-0.1, -0.05) is 55.8 Å². The van der Waals surface area contributed by atoms with Crippen LogP contribution in [0.5, 0.6) is 5.75 Å². The van der Waals surface area contributed by atoms with Crippen molar-refractivity contribution in [2.75, 3.05) is 5.32 Å². The summed E-state index contributed by atoms with van der Waals surface area (Å²) in [5, 5.41) is 3.70. The van der Waals surface area contributed by atoms with Crippen molar-refractivity contribution in [3.8, 4) is 5.75 Å². The van der Waals surface area contributed by atoms with Crippen LogP contribution in [0.1, 0.15) is 50.5 Å². The molecule has 1 aliphatic rings. The molecule has 1 aliphatic carbocycles. The van der Waals surface area contributed by atoms with Crippen molar-refractivity contribution in [2.45, 2.75) is 51.6 Å². The predicted octanol–water partition coefficient (Wildman–Crippen LogP) is 6.22. The van der Waals surface area contributed by atoms with E-state index in [0.717, 1.165) is 34.4 Å². The van der Waals surface area contributed by atoms with E-state index in [2.05, 4.69) is 5.32 Å². The molecule has 1 amide bonds. The Hall–Kier alpha value is -2.00. The second-order valence-electron chi connectivity index (χ2n) is 7.03. The molecule has 3 nitrogen and oxygen atoms in total. The van der Waals surface area contributed by atoms with Crippen LogP contribution in [0.4, 0.5) is 5.69 Å². The first-order valence-electron chi connectivity index (χ1n) is 9.46. The maximum Gasteiger partial charge on any atom is 0.224 e. The molecule has 0 aliphatic heterocycles. The van der Waals surface area contributed by atoms with Crippen molar-refractivity contribution < 1.29 is 9.53 Å². The van der Waals surface area contributed by atoms with Crippen LogP contribution in [0.15, 0.2) is 48.5 Å². The second-order valence-corrected chi connectivity index (χ2v) is 7.47. The van der Waals surface area contributed by atoms with Crippen molar-refractivity contribution in [1.82, 2.24) is 0 Å². The minimum absolute atomic E-state index is 0.102. The standard InChI is InChI=1S/C22H26ClNO2/c23-19-9-6-18(7-10-19)16-26-21-13-11-20(12-14-21)24-22(25)15-8-17-4-2-1-3-5-17/h6-7,9-14,17H,1-5,8,15-16H2,(H,24,25). The van der Waals surface area contributed by atoms with Gasteiger partial charge in [0, 0.05) is 17.1 Å². The van der Waals surface area contributed by atoms with Crippen LogP contribution in [0.3, 0.4) is 0 Å². The number of anilines is 1. The zero-order valence-electron chi connectivity index (χ0n) is 15.0. The summed E-state index contributed by atoms with van der Waals surface area (Å²) >= 11 is 5.88. The van der Waals surface area contributed by atoms with E-state index < -0.39 is 0 Å². The fourth-order valence-electron chi connectivity index (χ4n) is 3.42. The normalized spacial score (nSPS) is 14.8. The highest BCUT2D eigenvalue weighted by molar-refractivity contribution is 6.30. The van der Waals surface area contributed by atoms with Crippen LogP contribution in [0.25, 0.3) is 0 Å². The lowest BCUT2D eigenvalue weighted by atomic mass is 9.86. The van der Waals surface area contributed by atoms with E-state index in [1.165, 1.54) is 32.1 Å². The molecular weight excluding hydrogens is 346 g/mol. The summed E-state index contributed by atoms with van der Waals surface area (Å²) < 4.78 is 5.76. The van der Waals surface area contributed by atoms with E-state index in [1.54, 1.807) is 0 Å². The molecule has 3 rings (SSSR count). The molecule has 0 heterocycles. The highest BCUT2D eigenvalue weighted by Crippen LogP contribution is 2.27. The lowest BCUT2D eigenvalue weighted by Gasteiger charge is -2.21. The quantitative estimate of drug-likeness (QED) is 0.627. The first-order valence-corrected chi connectivity index (χ1v) is 9.84. The SMILES string of the molecule is O=C(CCC1CCCCC1)Nc1ccc(OCc2ccc(Cl)cc2)cc1. The Labute approximate surface area is 160 Å². The van der Waals surface area contributed by atoms with Gasteiger partial charge in [0.15, 0.2) is 0 Å². The smallest absolute Gasteiger partial charge is 0.224 e. The number of carbonyl (C=O) groups excluding carboxylic acids is 1. The summed E-state index contributed by atoms with van der Waals surface area (Å²) in [6, 6.07) is 15.1. The van der Waals surface area contributed by atoms with Crippen LogP contribution in [-0.4, -0.2) is 5.91 Å². The molecule has 138 valence electrons. The predicted molar refractivity (Wildman–Crippen MR) is 107 cm³/mol. The lowest BCUT2D eigenvalue weighted by Crippen LogP contribution is -2.14. The fraction of sp³-hybridized carbons (Fsp3) is 0.409. The summed E-state index contributed by atoms with van der Waals surface area (Å²) in [7, 11) is 0. The molecule has 0 aromatic heterocycles. The molecular formula is C22H26ClNO2. The number of benzene rings is 2. The van der Waals surface area contributed by atoms with Gasteiger partial charge in [-0.2, -0.15) is 0 Å². The van der Waals surface area contributed by atoms with Gasteiger partial charge in [0.2, 0.25) is 5.91 Å². The zero-order chi connectivity index (χ0) is 18.2. The average molecular weight is 372 g/mol. The van der Waals surface area contributed by atoms with E-state index in [4.69, 9.17) is 16.3 Å². The van der Waals surface area contributed by atoms with Gasteiger partial charge in [0.05, 0.1) is 0 Å². The summed E-state index contributed by atoms with van der Waals surface area (Å²) in [5.74, 6) is 1.61. The molecule has 2 aromatic carbocycles. The molecule has 4 heteroatoms. The van der Waals surface area contributed by atoms with Gasteiger partial charge < -0.3 is 10.1 Å². The Morgan fingerprint density at radius 3 is 2.38 bits per heavy atom. The molecule has 1 fully saturated rings. The van der Waals surface area contributed by atoms with Crippen LogP contribution in [-0.2, 0) is 11.4 Å². The summed E-state index contributed by atoms with van der Waals surface area (Å²) in [5.41, 5.74) is 1.88. The molecule has 0 spiro atoms. The van der Waals surface area contributed by atoms with Crippen molar-refractivity contribution in [3.63, 3.8) is 0 Å². The highest BCUT2D eigenvalue weighted by atomic mass is 35.5. The van der Waals surface area contributed by atoms with E-state index in [-0.39, 0.29) is 5.91 Å². The van der Waals surface area contributed by atoms with Gasteiger partial charge in [-0.3, -0.25) is 4.79 Å².